The number of aromatic nitrogens is 1. The van der Waals surface area contributed by atoms with Gasteiger partial charge in [-0.15, -0.1) is 22.7 Å². The first-order valence-electron chi connectivity index (χ1n) is 17.5. The molecule has 0 fully saturated rings. The molecule has 11 rings (SSSR count). The van der Waals surface area contributed by atoms with E-state index in [-0.39, 0.29) is 18.6 Å². The van der Waals surface area contributed by atoms with Gasteiger partial charge in [0.05, 0.1) is 11.0 Å². The van der Waals surface area contributed by atoms with Crippen molar-refractivity contribution in [2.45, 2.75) is 4.90 Å². The van der Waals surface area contributed by atoms with Gasteiger partial charge in [-0.05, 0) is 109 Å². The summed E-state index contributed by atoms with van der Waals surface area (Å²) in [7, 11) is 0. The third-order valence-corrected chi connectivity index (χ3v) is 12.0. The van der Waals surface area contributed by atoms with Crippen LogP contribution in [-0.2, 0) is 31.2 Å². The fourth-order valence-electron chi connectivity index (χ4n) is 8.14. The van der Waals surface area contributed by atoms with Gasteiger partial charge in [0, 0.05) is 25.9 Å². The first-order valence-corrected chi connectivity index (χ1v) is 18.7. The molecule has 2 nitrogen and oxygen atoms in total. The third-order valence-electron chi connectivity index (χ3n) is 10.5. The van der Waals surface area contributed by atoms with E-state index in [0.717, 1.165) is 27.3 Å². The molecule has 2 heterocycles. The zero-order valence-electron chi connectivity index (χ0n) is 28.3. The van der Waals surface area contributed by atoms with Gasteiger partial charge in [0.15, 0.2) is 0 Å². The van der Waals surface area contributed by atoms with Crippen molar-refractivity contribution in [2.75, 3.05) is 0 Å². The molecule has 0 N–H and O–H groups in total. The number of rotatable bonds is 4. The standard InChI is InChI=1S/C48H29N2S2.V/c51-44-22-24-46-47(41-27-32(17-23-45(41)52-46)39-26-31-11-3-4-12-35(31)36-13-5-6-14-37(36)39)48(44)49-33-18-20-34(21-19-33)50-42-16-8-7-15-38(42)40-25-29-9-1-2-10-30(29)28-43(40)50;/h1-28,51H;/q-1;+2/p-1. The van der Waals surface area contributed by atoms with Crippen LogP contribution in [0.5, 0.6) is 0 Å². The summed E-state index contributed by atoms with van der Waals surface area (Å²) in [6.07, 6.45) is 0. The van der Waals surface area contributed by atoms with Gasteiger partial charge in [0.2, 0.25) is 0 Å². The number of fused-ring (bicyclic) bond motifs is 10. The van der Waals surface area contributed by atoms with Gasteiger partial charge in [-0.1, -0.05) is 115 Å². The second kappa shape index (κ2) is 12.5. The largest absolute Gasteiger partial charge is 2.00 e. The minimum atomic E-state index is 0. The van der Waals surface area contributed by atoms with E-state index in [0.29, 0.717) is 0 Å². The molecule has 0 spiro atoms. The van der Waals surface area contributed by atoms with Crippen LogP contribution in [0, 0.1) is 0 Å². The average molecular weight is 748 g/mol. The fraction of sp³-hybridized carbons (Fsp3) is 0. The molecule has 0 atom stereocenters. The van der Waals surface area contributed by atoms with Crippen molar-refractivity contribution in [2.24, 2.45) is 0 Å². The number of nitrogens with zero attached hydrogens (tertiary/aromatic N) is 2. The fourth-order valence-corrected chi connectivity index (χ4v) is 9.45. The van der Waals surface area contributed by atoms with Gasteiger partial charge in [-0.3, -0.25) is 0 Å². The third kappa shape index (κ3) is 5.06. The van der Waals surface area contributed by atoms with Gasteiger partial charge in [0.1, 0.15) is 0 Å². The predicted octanol–water partition coefficient (Wildman–Crippen LogP) is 14.5. The number of hydrogen-bond acceptors (Lipinski definition) is 2. The van der Waals surface area contributed by atoms with E-state index < -0.39 is 0 Å². The van der Waals surface area contributed by atoms with Crippen molar-refractivity contribution in [1.29, 1.82) is 0 Å². The number of benzene rings is 9. The Balaban J connectivity index is 0.00000349. The quantitative estimate of drug-likeness (QED) is 0.130. The Bertz CT molecular complexity index is 3230. The molecule has 0 aliphatic rings. The summed E-state index contributed by atoms with van der Waals surface area (Å²) in [4.78, 5) is 0.757. The molecule has 1 radical (unpaired) electrons. The molecule has 0 bridgehead atoms. The second-order valence-corrected chi connectivity index (χ2v) is 15.0. The second-order valence-electron chi connectivity index (χ2n) is 13.5. The normalized spacial score (nSPS) is 11.7. The molecular weight excluding hydrogens is 720 g/mol. The van der Waals surface area contributed by atoms with Crippen LogP contribution in [0.1, 0.15) is 0 Å². The number of thiophene rings is 1. The summed E-state index contributed by atoms with van der Waals surface area (Å²) in [5.74, 6) is 0. The topological polar surface area (TPSA) is 19.0 Å². The molecule has 247 valence electrons. The Morgan fingerprint density at radius 1 is 0.472 bits per heavy atom. The maximum atomic E-state index is 5.99. The Kier molecular flexibility index (Phi) is 7.57. The van der Waals surface area contributed by atoms with Crippen LogP contribution < -0.4 is 0 Å². The minimum absolute atomic E-state index is 0. The molecule has 0 unspecified atom stereocenters. The van der Waals surface area contributed by atoms with Gasteiger partial charge >= 0.3 is 18.6 Å². The molecule has 0 aliphatic carbocycles. The summed E-state index contributed by atoms with van der Waals surface area (Å²) in [6.45, 7) is 0. The van der Waals surface area contributed by atoms with Crippen molar-refractivity contribution in [3.63, 3.8) is 0 Å². The van der Waals surface area contributed by atoms with E-state index in [9.17, 15) is 0 Å². The molecule has 0 saturated heterocycles. The van der Waals surface area contributed by atoms with Crippen LogP contribution in [-0.4, -0.2) is 4.57 Å². The maximum Gasteiger partial charge on any atom is 2.00 e. The first kappa shape index (κ1) is 32.1. The van der Waals surface area contributed by atoms with Crippen molar-refractivity contribution in [1.82, 2.24) is 4.57 Å². The van der Waals surface area contributed by atoms with Crippen molar-refractivity contribution in [3.8, 4) is 16.8 Å². The molecule has 0 saturated carbocycles. The molecule has 11 aromatic rings. The van der Waals surface area contributed by atoms with Crippen LogP contribution in [0.4, 0.5) is 11.4 Å². The van der Waals surface area contributed by atoms with Crippen LogP contribution in [0.15, 0.2) is 175 Å². The molecule has 53 heavy (non-hydrogen) atoms. The maximum absolute atomic E-state index is 5.99. The minimum Gasteiger partial charge on any atom is -0.781 e. The summed E-state index contributed by atoms with van der Waals surface area (Å²) < 4.78 is 4.79. The zero-order chi connectivity index (χ0) is 34.3. The smallest absolute Gasteiger partial charge is 0.781 e. The Morgan fingerprint density at radius 2 is 1.13 bits per heavy atom. The summed E-state index contributed by atoms with van der Waals surface area (Å²) >= 11 is 7.79. The van der Waals surface area contributed by atoms with Crippen LogP contribution in [0.25, 0.3) is 96.4 Å². The van der Waals surface area contributed by atoms with E-state index in [1.165, 1.54) is 80.0 Å². The Labute approximate surface area is 327 Å². The zero-order valence-corrected chi connectivity index (χ0v) is 31.4. The van der Waals surface area contributed by atoms with E-state index >= 15 is 0 Å². The van der Waals surface area contributed by atoms with E-state index in [1.54, 1.807) is 11.3 Å². The van der Waals surface area contributed by atoms with Gasteiger partial charge in [-0.2, -0.15) is 4.90 Å². The Hall–Kier alpha value is -5.62. The van der Waals surface area contributed by atoms with Crippen molar-refractivity contribution < 1.29 is 18.6 Å². The predicted molar refractivity (Wildman–Crippen MR) is 226 cm³/mol. The van der Waals surface area contributed by atoms with Gasteiger partial charge in [-0.25, -0.2) is 0 Å². The van der Waals surface area contributed by atoms with E-state index in [2.05, 4.69) is 168 Å². The molecule has 0 amide bonds. The number of hydrogen-bond donors (Lipinski definition) is 0. The summed E-state index contributed by atoms with van der Waals surface area (Å²) in [5.41, 5.74) is 7.65. The number of para-hydroxylation sites is 1. The van der Waals surface area contributed by atoms with Crippen LogP contribution >= 0.6 is 11.3 Å². The van der Waals surface area contributed by atoms with E-state index in [1.807, 2.05) is 6.07 Å². The van der Waals surface area contributed by atoms with E-state index in [4.69, 9.17) is 17.9 Å². The molecule has 5 heteroatoms. The SMILES string of the molecule is [S-]c1ccc2sc3ccc(-c4cc5ccccc5c5ccccc45)cc3c2c1[N-]c1ccc(-n2c3ccccc3c3cc4ccccc4cc32)cc1.[V+2]. The molecule has 2 aromatic heterocycles. The van der Waals surface area contributed by atoms with Crippen molar-refractivity contribution >= 4 is 110 Å². The Morgan fingerprint density at radius 3 is 1.94 bits per heavy atom. The van der Waals surface area contributed by atoms with Crippen molar-refractivity contribution in [3.05, 3.63) is 175 Å². The first-order chi connectivity index (χ1) is 25.7. The summed E-state index contributed by atoms with van der Waals surface area (Å²) in [5, 5.41) is 17.6. The van der Waals surface area contributed by atoms with Crippen LogP contribution in [0.3, 0.4) is 0 Å². The molecule has 9 aromatic carbocycles. The molecular formula is C48H28N2S2V. The monoisotopic (exact) mass is 747 g/mol. The van der Waals surface area contributed by atoms with Gasteiger partial charge in [0.25, 0.3) is 0 Å². The molecule has 0 aliphatic heterocycles. The average Bonchev–Trinajstić information content (AvgIpc) is 3.73. The van der Waals surface area contributed by atoms with Crippen LogP contribution in [0.2, 0.25) is 0 Å². The van der Waals surface area contributed by atoms with Gasteiger partial charge < -0.3 is 22.5 Å². The summed E-state index contributed by atoms with van der Waals surface area (Å²) in [6, 6.07) is 61.2.